The molecule has 0 spiro atoms. The number of ketones is 1. The predicted molar refractivity (Wildman–Crippen MR) is 104 cm³/mol. The summed E-state index contributed by atoms with van der Waals surface area (Å²) in [7, 11) is 0. The zero-order valence-corrected chi connectivity index (χ0v) is 16.0. The van der Waals surface area contributed by atoms with E-state index in [0.717, 1.165) is 0 Å². The zero-order valence-electron chi connectivity index (χ0n) is 15.2. The van der Waals surface area contributed by atoms with E-state index in [2.05, 4.69) is 0 Å². The minimum Gasteiger partial charge on any atom is -0.493 e. The van der Waals surface area contributed by atoms with Crippen molar-refractivity contribution in [1.82, 2.24) is 0 Å². The summed E-state index contributed by atoms with van der Waals surface area (Å²) < 4.78 is 11.0. The minimum absolute atomic E-state index is 0.130. The molecule has 2 aromatic carbocycles. The molecule has 1 aliphatic heterocycles. The molecular formula is C22H19ClO5. The van der Waals surface area contributed by atoms with Crippen LogP contribution in [0.5, 0.6) is 5.75 Å². The van der Waals surface area contributed by atoms with Crippen LogP contribution in [0.4, 0.5) is 0 Å². The molecule has 0 saturated carbocycles. The highest BCUT2D eigenvalue weighted by molar-refractivity contribution is 6.30. The average Bonchev–Trinajstić information content (AvgIpc) is 3.03. The first kappa shape index (κ1) is 18.7. The molecule has 144 valence electrons. The molecule has 6 heteroatoms. The molecule has 0 unspecified atom stereocenters. The molecule has 5 nitrogen and oxygen atoms in total. The summed E-state index contributed by atoms with van der Waals surface area (Å²) in [5, 5.41) is 11.9. The molecule has 0 amide bonds. The Hall–Kier alpha value is -2.63. The van der Waals surface area contributed by atoms with Gasteiger partial charge >= 0.3 is 5.97 Å². The Morgan fingerprint density at radius 2 is 1.93 bits per heavy atom. The SMILES string of the molecule is CCOC(=O)[C@]1(O)C=C(C(=O)c2ccc(Cl)cc2)[C@@H]2COc3ccccc3[C@@H]21. The number of para-hydroxylation sites is 1. The Balaban J connectivity index is 1.81. The number of Topliss-reactive ketones (excluding diaryl/α,β-unsaturated/α-hetero) is 1. The van der Waals surface area contributed by atoms with Crippen molar-refractivity contribution in [2.24, 2.45) is 5.92 Å². The fourth-order valence-corrected chi connectivity index (χ4v) is 4.17. The van der Waals surface area contributed by atoms with Gasteiger partial charge in [0.2, 0.25) is 0 Å². The first-order chi connectivity index (χ1) is 13.5. The third kappa shape index (κ3) is 2.91. The topological polar surface area (TPSA) is 72.8 Å². The largest absolute Gasteiger partial charge is 0.493 e. The van der Waals surface area contributed by atoms with Crippen LogP contribution in [-0.4, -0.2) is 35.7 Å². The molecule has 2 aromatic rings. The number of hydrogen-bond acceptors (Lipinski definition) is 5. The second-order valence-corrected chi connectivity index (χ2v) is 7.35. The summed E-state index contributed by atoms with van der Waals surface area (Å²) in [6.45, 7) is 1.99. The van der Waals surface area contributed by atoms with E-state index >= 15 is 0 Å². The average molecular weight is 399 g/mol. The maximum absolute atomic E-state index is 13.2. The number of fused-ring (bicyclic) bond motifs is 3. The number of benzene rings is 2. The van der Waals surface area contributed by atoms with Crippen LogP contribution in [0.2, 0.25) is 5.02 Å². The van der Waals surface area contributed by atoms with Crippen LogP contribution in [0.25, 0.3) is 0 Å². The van der Waals surface area contributed by atoms with Gasteiger partial charge < -0.3 is 14.6 Å². The van der Waals surface area contributed by atoms with E-state index in [4.69, 9.17) is 21.1 Å². The van der Waals surface area contributed by atoms with Crippen molar-refractivity contribution in [2.45, 2.75) is 18.4 Å². The van der Waals surface area contributed by atoms with Gasteiger partial charge in [-0.15, -0.1) is 0 Å². The highest BCUT2D eigenvalue weighted by Crippen LogP contribution is 2.52. The van der Waals surface area contributed by atoms with Gasteiger partial charge in [0, 0.05) is 33.6 Å². The van der Waals surface area contributed by atoms with Crippen LogP contribution >= 0.6 is 11.6 Å². The van der Waals surface area contributed by atoms with Crippen LogP contribution in [0, 0.1) is 5.92 Å². The number of esters is 1. The Kier molecular flexibility index (Phi) is 4.73. The van der Waals surface area contributed by atoms with Crippen molar-refractivity contribution in [3.8, 4) is 5.75 Å². The molecule has 0 fully saturated rings. The maximum Gasteiger partial charge on any atom is 0.342 e. The number of ether oxygens (including phenoxy) is 2. The molecule has 0 aromatic heterocycles. The highest BCUT2D eigenvalue weighted by atomic mass is 35.5. The van der Waals surface area contributed by atoms with E-state index in [-0.39, 0.29) is 19.0 Å². The van der Waals surface area contributed by atoms with E-state index in [1.807, 2.05) is 12.1 Å². The monoisotopic (exact) mass is 398 g/mol. The third-order valence-corrected chi connectivity index (χ3v) is 5.55. The van der Waals surface area contributed by atoms with Gasteiger partial charge in [0.05, 0.1) is 13.2 Å². The Labute approximate surface area is 167 Å². The molecular weight excluding hydrogens is 380 g/mol. The number of halogens is 1. The molecule has 3 atom stereocenters. The van der Waals surface area contributed by atoms with Crippen molar-refractivity contribution >= 4 is 23.4 Å². The van der Waals surface area contributed by atoms with Crippen LogP contribution in [0.1, 0.15) is 28.8 Å². The lowest BCUT2D eigenvalue weighted by Crippen LogP contribution is -2.45. The molecule has 0 bridgehead atoms. The third-order valence-electron chi connectivity index (χ3n) is 5.30. The van der Waals surface area contributed by atoms with Gasteiger partial charge in [-0.1, -0.05) is 29.8 Å². The molecule has 0 saturated heterocycles. The lowest BCUT2D eigenvalue weighted by atomic mass is 9.76. The molecule has 1 heterocycles. The van der Waals surface area contributed by atoms with Crippen molar-refractivity contribution in [2.75, 3.05) is 13.2 Å². The first-order valence-corrected chi connectivity index (χ1v) is 9.48. The van der Waals surface area contributed by atoms with Gasteiger partial charge in [-0.3, -0.25) is 4.79 Å². The number of aliphatic hydroxyl groups is 1. The molecule has 4 rings (SSSR count). The van der Waals surface area contributed by atoms with Gasteiger partial charge in [-0.05, 0) is 43.3 Å². The maximum atomic E-state index is 13.2. The molecule has 1 N–H and O–H groups in total. The zero-order chi connectivity index (χ0) is 19.9. The summed E-state index contributed by atoms with van der Waals surface area (Å²) >= 11 is 5.92. The van der Waals surface area contributed by atoms with Gasteiger partial charge in [0.15, 0.2) is 11.4 Å². The van der Waals surface area contributed by atoms with Gasteiger partial charge in [-0.25, -0.2) is 4.79 Å². The molecule has 2 aliphatic rings. The molecule has 0 radical (unpaired) electrons. The smallest absolute Gasteiger partial charge is 0.342 e. The van der Waals surface area contributed by atoms with Gasteiger partial charge in [-0.2, -0.15) is 0 Å². The van der Waals surface area contributed by atoms with Crippen molar-refractivity contribution in [3.05, 3.63) is 76.3 Å². The second-order valence-electron chi connectivity index (χ2n) is 6.91. The quantitative estimate of drug-likeness (QED) is 0.629. The van der Waals surface area contributed by atoms with Crippen molar-refractivity contribution in [1.29, 1.82) is 0 Å². The molecule has 28 heavy (non-hydrogen) atoms. The summed E-state index contributed by atoms with van der Waals surface area (Å²) in [6, 6.07) is 13.7. The highest BCUT2D eigenvalue weighted by Gasteiger charge is 2.57. The summed E-state index contributed by atoms with van der Waals surface area (Å²) in [5.41, 5.74) is -0.471. The van der Waals surface area contributed by atoms with E-state index in [1.54, 1.807) is 43.3 Å². The first-order valence-electron chi connectivity index (χ1n) is 9.10. The van der Waals surface area contributed by atoms with E-state index < -0.39 is 23.4 Å². The predicted octanol–water partition coefficient (Wildman–Crippen LogP) is 3.55. The van der Waals surface area contributed by atoms with Crippen LogP contribution in [-0.2, 0) is 9.53 Å². The lowest BCUT2D eigenvalue weighted by Gasteiger charge is -2.36. The fourth-order valence-electron chi connectivity index (χ4n) is 4.04. The Morgan fingerprint density at radius 3 is 2.64 bits per heavy atom. The standard InChI is InChI=1S/C22H19ClO5/c1-2-27-21(25)22(26)11-16(20(24)13-7-9-14(23)10-8-13)17-12-28-18-6-4-3-5-15(18)19(17)22/h3-11,17,19,26H,2,12H2,1H3/t17-,19-,22-/m0/s1. The van der Waals surface area contributed by atoms with Gasteiger partial charge in [0.25, 0.3) is 0 Å². The lowest BCUT2D eigenvalue weighted by molar-refractivity contribution is -0.162. The van der Waals surface area contributed by atoms with E-state index in [0.29, 0.717) is 27.5 Å². The summed E-state index contributed by atoms with van der Waals surface area (Å²) in [4.78, 5) is 25.9. The Bertz CT molecular complexity index is 965. The summed E-state index contributed by atoms with van der Waals surface area (Å²) in [6.07, 6.45) is 1.35. The van der Waals surface area contributed by atoms with Crippen LogP contribution in [0.15, 0.2) is 60.2 Å². The van der Waals surface area contributed by atoms with Crippen LogP contribution < -0.4 is 4.74 Å². The van der Waals surface area contributed by atoms with E-state index in [1.165, 1.54) is 6.08 Å². The van der Waals surface area contributed by atoms with Crippen LogP contribution in [0.3, 0.4) is 0 Å². The second kappa shape index (κ2) is 7.08. The molecule has 1 aliphatic carbocycles. The Morgan fingerprint density at radius 1 is 1.21 bits per heavy atom. The van der Waals surface area contributed by atoms with E-state index in [9.17, 15) is 14.7 Å². The number of hydrogen-bond donors (Lipinski definition) is 1. The van der Waals surface area contributed by atoms with Crippen molar-refractivity contribution in [3.63, 3.8) is 0 Å². The van der Waals surface area contributed by atoms with Crippen molar-refractivity contribution < 1.29 is 24.2 Å². The van der Waals surface area contributed by atoms with Gasteiger partial charge in [0.1, 0.15) is 5.75 Å². The number of rotatable bonds is 4. The fraction of sp³-hybridized carbons (Fsp3) is 0.273. The summed E-state index contributed by atoms with van der Waals surface area (Å²) in [5.74, 6) is -1.55. The number of carbonyl (C=O) groups is 2. The minimum atomic E-state index is -1.93. The number of carbonyl (C=O) groups excluding carboxylic acids is 2. The normalized spacial score (nSPS) is 25.2.